The Morgan fingerprint density at radius 2 is 1.81 bits per heavy atom. The lowest BCUT2D eigenvalue weighted by Gasteiger charge is -2.19. The summed E-state index contributed by atoms with van der Waals surface area (Å²) in [6.07, 6.45) is -4.90. The fourth-order valence-corrected chi connectivity index (χ4v) is 1.55. The number of primary amides is 1. The SMILES string of the molecule is CC(NC(=O)c1ccc(F)c(C(F)(F)F)c1)C(C)C(N)=O. The number of carbonyl (C=O) groups excluding carboxylic acids is 2. The Kier molecular flexibility index (Phi) is 4.93. The van der Waals surface area contributed by atoms with Crippen molar-refractivity contribution in [1.29, 1.82) is 0 Å². The Labute approximate surface area is 118 Å². The van der Waals surface area contributed by atoms with Crippen molar-refractivity contribution in [2.24, 2.45) is 11.7 Å². The molecule has 2 amide bonds. The zero-order valence-corrected chi connectivity index (χ0v) is 11.3. The summed E-state index contributed by atoms with van der Waals surface area (Å²) in [5.74, 6) is -3.66. The molecular formula is C13H14F4N2O2. The molecule has 0 heterocycles. The van der Waals surface area contributed by atoms with Crippen LogP contribution in [-0.2, 0) is 11.0 Å². The van der Waals surface area contributed by atoms with Gasteiger partial charge in [0.2, 0.25) is 5.91 Å². The summed E-state index contributed by atoms with van der Waals surface area (Å²) in [4.78, 5) is 22.8. The summed E-state index contributed by atoms with van der Waals surface area (Å²) in [6, 6.07) is 1.25. The highest BCUT2D eigenvalue weighted by molar-refractivity contribution is 5.95. The van der Waals surface area contributed by atoms with E-state index in [1.807, 2.05) is 0 Å². The van der Waals surface area contributed by atoms with Gasteiger partial charge in [-0.3, -0.25) is 9.59 Å². The van der Waals surface area contributed by atoms with Crippen molar-refractivity contribution < 1.29 is 27.2 Å². The topological polar surface area (TPSA) is 72.2 Å². The van der Waals surface area contributed by atoms with E-state index in [0.29, 0.717) is 12.1 Å². The molecule has 0 saturated heterocycles. The number of carbonyl (C=O) groups is 2. The maximum Gasteiger partial charge on any atom is 0.419 e. The van der Waals surface area contributed by atoms with Gasteiger partial charge in [0.25, 0.3) is 5.91 Å². The molecule has 0 saturated carbocycles. The predicted octanol–water partition coefficient (Wildman–Crippen LogP) is 2.08. The van der Waals surface area contributed by atoms with E-state index < -0.39 is 41.3 Å². The lowest BCUT2D eigenvalue weighted by Crippen LogP contribution is -2.42. The third-order valence-corrected chi connectivity index (χ3v) is 3.09. The van der Waals surface area contributed by atoms with Crippen molar-refractivity contribution in [3.8, 4) is 0 Å². The second-order valence-corrected chi connectivity index (χ2v) is 4.65. The van der Waals surface area contributed by atoms with Crippen LogP contribution in [0.4, 0.5) is 17.6 Å². The molecule has 0 aliphatic heterocycles. The number of hydrogen-bond donors (Lipinski definition) is 2. The summed E-state index contributed by atoms with van der Waals surface area (Å²) < 4.78 is 50.8. The number of hydrogen-bond acceptors (Lipinski definition) is 2. The molecule has 0 fully saturated rings. The number of amides is 2. The van der Waals surface area contributed by atoms with E-state index in [9.17, 15) is 27.2 Å². The minimum absolute atomic E-state index is 0.354. The van der Waals surface area contributed by atoms with Gasteiger partial charge in [0.1, 0.15) is 5.82 Å². The van der Waals surface area contributed by atoms with Gasteiger partial charge in [-0.25, -0.2) is 4.39 Å². The van der Waals surface area contributed by atoms with Crippen molar-refractivity contribution in [1.82, 2.24) is 5.32 Å². The highest BCUT2D eigenvalue weighted by Crippen LogP contribution is 2.31. The van der Waals surface area contributed by atoms with Crippen molar-refractivity contribution in [2.75, 3.05) is 0 Å². The first-order valence-corrected chi connectivity index (χ1v) is 6.01. The monoisotopic (exact) mass is 306 g/mol. The summed E-state index contributed by atoms with van der Waals surface area (Å²) in [7, 11) is 0. The summed E-state index contributed by atoms with van der Waals surface area (Å²) in [5.41, 5.74) is 3.19. The van der Waals surface area contributed by atoms with E-state index in [0.717, 1.165) is 6.07 Å². The molecule has 1 aromatic carbocycles. The second-order valence-electron chi connectivity index (χ2n) is 4.65. The molecule has 2 atom stereocenters. The lowest BCUT2D eigenvalue weighted by atomic mass is 10.0. The minimum atomic E-state index is -4.90. The second kappa shape index (κ2) is 6.11. The molecule has 21 heavy (non-hydrogen) atoms. The average Bonchev–Trinajstić information content (AvgIpc) is 2.36. The van der Waals surface area contributed by atoms with Gasteiger partial charge in [-0.05, 0) is 25.1 Å². The number of alkyl halides is 3. The normalized spacial score (nSPS) is 14.4. The van der Waals surface area contributed by atoms with Crippen LogP contribution in [0.3, 0.4) is 0 Å². The number of rotatable bonds is 4. The average molecular weight is 306 g/mol. The first-order chi connectivity index (χ1) is 9.54. The number of nitrogens with one attached hydrogen (secondary N) is 1. The van der Waals surface area contributed by atoms with Gasteiger partial charge in [0.05, 0.1) is 11.5 Å². The Balaban J connectivity index is 2.97. The van der Waals surface area contributed by atoms with Crippen molar-refractivity contribution >= 4 is 11.8 Å². The molecule has 0 aliphatic carbocycles. The van der Waals surface area contributed by atoms with Crippen LogP contribution in [0.1, 0.15) is 29.8 Å². The van der Waals surface area contributed by atoms with Gasteiger partial charge >= 0.3 is 6.18 Å². The van der Waals surface area contributed by atoms with Gasteiger partial charge in [-0.15, -0.1) is 0 Å². The van der Waals surface area contributed by atoms with Crippen LogP contribution in [0.5, 0.6) is 0 Å². The molecule has 0 bridgehead atoms. The van der Waals surface area contributed by atoms with E-state index in [2.05, 4.69) is 5.32 Å². The van der Waals surface area contributed by atoms with Crippen LogP contribution < -0.4 is 11.1 Å². The summed E-state index contributed by atoms with van der Waals surface area (Å²) in [5, 5.41) is 2.35. The quantitative estimate of drug-likeness (QED) is 0.836. The van der Waals surface area contributed by atoms with Crippen molar-refractivity contribution in [3.63, 3.8) is 0 Å². The number of nitrogens with two attached hydrogens (primary N) is 1. The van der Waals surface area contributed by atoms with Crippen LogP contribution in [0, 0.1) is 11.7 Å². The standard InChI is InChI=1S/C13H14F4N2O2/c1-6(11(18)20)7(2)19-12(21)8-3-4-10(14)9(5-8)13(15,16)17/h3-7H,1-2H3,(H2,18,20)(H,19,21). The zero-order valence-electron chi connectivity index (χ0n) is 11.3. The molecule has 0 radical (unpaired) electrons. The molecule has 1 rings (SSSR count). The van der Waals surface area contributed by atoms with Crippen molar-refractivity contribution in [3.05, 3.63) is 35.1 Å². The Morgan fingerprint density at radius 1 is 1.24 bits per heavy atom. The van der Waals surface area contributed by atoms with Gasteiger partial charge < -0.3 is 11.1 Å². The Hall–Kier alpha value is -2.12. The van der Waals surface area contributed by atoms with E-state index in [1.54, 1.807) is 0 Å². The van der Waals surface area contributed by atoms with E-state index in [1.165, 1.54) is 13.8 Å². The van der Waals surface area contributed by atoms with Crippen LogP contribution in [-0.4, -0.2) is 17.9 Å². The fraction of sp³-hybridized carbons (Fsp3) is 0.385. The third kappa shape index (κ3) is 4.17. The molecule has 116 valence electrons. The van der Waals surface area contributed by atoms with Gasteiger partial charge in [0, 0.05) is 11.6 Å². The zero-order chi connectivity index (χ0) is 16.4. The van der Waals surface area contributed by atoms with E-state index >= 15 is 0 Å². The van der Waals surface area contributed by atoms with Gasteiger partial charge in [0.15, 0.2) is 0 Å². The maximum atomic E-state index is 13.1. The molecule has 8 heteroatoms. The first kappa shape index (κ1) is 16.9. The molecular weight excluding hydrogens is 292 g/mol. The minimum Gasteiger partial charge on any atom is -0.369 e. The maximum absolute atomic E-state index is 13.1. The molecule has 4 nitrogen and oxygen atoms in total. The van der Waals surface area contributed by atoms with Gasteiger partial charge in [-0.2, -0.15) is 13.2 Å². The molecule has 3 N–H and O–H groups in total. The third-order valence-electron chi connectivity index (χ3n) is 3.09. The van der Waals surface area contributed by atoms with Crippen LogP contribution in [0.15, 0.2) is 18.2 Å². The summed E-state index contributed by atoms with van der Waals surface area (Å²) >= 11 is 0. The Bertz CT molecular complexity index is 558. The predicted molar refractivity (Wildman–Crippen MR) is 66.7 cm³/mol. The number of benzene rings is 1. The first-order valence-electron chi connectivity index (χ1n) is 6.01. The van der Waals surface area contributed by atoms with E-state index in [4.69, 9.17) is 5.73 Å². The molecule has 1 aromatic rings. The van der Waals surface area contributed by atoms with Crippen LogP contribution in [0.2, 0.25) is 0 Å². The smallest absolute Gasteiger partial charge is 0.369 e. The Morgan fingerprint density at radius 3 is 2.29 bits per heavy atom. The molecule has 0 aromatic heterocycles. The lowest BCUT2D eigenvalue weighted by molar-refractivity contribution is -0.140. The van der Waals surface area contributed by atoms with Gasteiger partial charge in [-0.1, -0.05) is 6.92 Å². The molecule has 0 spiro atoms. The highest BCUT2D eigenvalue weighted by atomic mass is 19.4. The van der Waals surface area contributed by atoms with Crippen LogP contribution >= 0.6 is 0 Å². The molecule has 2 unspecified atom stereocenters. The fourth-order valence-electron chi connectivity index (χ4n) is 1.55. The molecule has 0 aliphatic rings. The largest absolute Gasteiger partial charge is 0.419 e. The summed E-state index contributed by atoms with van der Waals surface area (Å²) in [6.45, 7) is 2.96. The van der Waals surface area contributed by atoms with Crippen molar-refractivity contribution in [2.45, 2.75) is 26.1 Å². The van der Waals surface area contributed by atoms with E-state index in [-0.39, 0.29) is 5.56 Å². The highest BCUT2D eigenvalue weighted by Gasteiger charge is 2.34. The number of halogens is 4. The van der Waals surface area contributed by atoms with Crippen LogP contribution in [0.25, 0.3) is 0 Å².